The molecule has 1 unspecified atom stereocenters. The Hall–Kier alpha value is -2.73. The third-order valence-corrected chi connectivity index (χ3v) is 8.93. The number of nitrogens with one attached hydrogen (secondary N) is 1. The summed E-state index contributed by atoms with van der Waals surface area (Å²) in [6, 6.07) is 7.83. The lowest BCUT2D eigenvalue weighted by atomic mass is 9.96. The molecule has 2 aromatic rings. The van der Waals surface area contributed by atoms with E-state index >= 15 is 0 Å². The number of ether oxygens (including phenoxy) is 1. The van der Waals surface area contributed by atoms with Gasteiger partial charge in [0.15, 0.2) is 0 Å². The number of hydrogen-bond acceptors (Lipinski definition) is 7. The number of benzene rings is 1. The fourth-order valence-electron chi connectivity index (χ4n) is 4.29. The summed E-state index contributed by atoms with van der Waals surface area (Å²) in [6.07, 6.45) is 0. The summed E-state index contributed by atoms with van der Waals surface area (Å²) in [5.41, 5.74) is 2.80. The molecule has 0 radical (unpaired) electrons. The maximum Gasteiger partial charge on any atom is 0.338 e. The van der Waals surface area contributed by atoms with Gasteiger partial charge >= 0.3 is 12.0 Å². The van der Waals surface area contributed by atoms with E-state index in [2.05, 4.69) is 10.2 Å². The van der Waals surface area contributed by atoms with Crippen LogP contribution in [-0.2, 0) is 19.6 Å². The average Bonchev–Trinajstić information content (AvgIpc) is 3.37. The monoisotopic (exact) mass is 518 g/mol. The highest BCUT2D eigenvalue weighted by Gasteiger charge is 2.38. The molecule has 2 aliphatic heterocycles. The molecule has 2 aliphatic rings. The Labute approximate surface area is 210 Å². The predicted molar refractivity (Wildman–Crippen MR) is 133 cm³/mol. The van der Waals surface area contributed by atoms with E-state index in [1.165, 1.54) is 20.5 Å². The zero-order chi connectivity index (χ0) is 25.2. The van der Waals surface area contributed by atoms with Crippen molar-refractivity contribution >= 4 is 33.4 Å². The number of aryl methyl sites for hydroxylation is 1. The Morgan fingerprint density at radius 2 is 1.83 bits per heavy atom. The molecule has 11 heteroatoms. The van der Waals surface area contributed by atoms with Crippen molar-refractivity contribution in [1.29, 1.82) is 0 Å². The Balaban J connectivity index is 1.55. The summed E-state index contributed by atoms with van der Waals surface area (Å²) in [6.45, 7) is 5.81. The van der Waals surface area contributed by atoms with Crippen LogP contribution in [0.2, 0.25) is 0 Å². The predicted octanol–water partition coefficient (Wildman–Crippen LogP) is 2.58. The largest absolute Gasteiger partial charge is 0.463 e. The van der Waals surface area contributed by atoms with Crippen LogP contribution in [0.15, 0.2) is 57.3 Å². The quantitative estimate of drug-likeness (QED) is 0.566. The van der Waals surface area contributed by atoms with Crippen molar-refractivity contribution in [3.05, 3.63) is 63.5 Å². The summed E-state index contributed by atoms with van der Waals surface area (Å²) in [5.74, 6) is -0.467. The number of urea groups is 1. The molecule has 0 bridgehead atoms. The molecule has 1 N–H and O–H groups in total. The molecule has 188 valence electrons. The highest BCUT2D eigenvalue weighted by Crippen LogP contribution is 2.32. The van der Waals surface area contributed by atoms with E-state index in [9.17, 15) is 18.0 Å². The first-order valence-corrected chi connectivity index (χ1v) is 13.9. The standard InChI is InChI=1S/C24H30N4O5S2/c1-4-33-23(29)21-20(26(3)24(30)25-22(21)18-9-14-34-16-18)15-27-10-12-28(13-11-27)35(31,32)19-7-5-17(2)6-8-19/h5-9,14,16,22H,4,10-13,15H2,1-3H3,(H,25,30). The van der Waals surface area contributed by atoms with Crippen LogP contribution in [0.1, 0.15) is 24.1 Å². The van der Waals surface area contributed by atoms with Crippen LogP contribution in [0.25, 0.3) is 0 Å². The van der Waals surface area contributed by atoms with Crippen LogP contribution in [0.3, 0.4) is 0 Å². The number of esters is 1. The zero-order valence-electron chi connectivity index (χ0n) is 20.1. The van der Waals surface area contributed by atoms with E-state index in [1.807, 2.05) is 23.8 Å². The second-order valence-corrected chi connectivity index (χ2v) is 11.3. The fraction of sp³-hybridized carbons (Fsp3) is 0.417. The van der Waals surface area contributed by atoms with Crippen LogP contribution in [0, 0.1) is 6.92 Å². The van der Waals surface area contributed by atoms with E-state index in [-0.39, 0.29) is 17.5 Å². The van der Waals surface area contributed by atoms with Crippen LogP contribution in [-0.4, -0.2) is 80.9 Å². The second kappa shape index (κ2) is 10.5. The summed E-state index contributed by atoms with van der Waals surface area (Å²) < 4.78 is 32.9. The number of sulfonamides is 1. The fourth-order valence-corrected chi connectivity index (χ4v) is 6.39. The Kier molecular flexibility index (Phi) is 7.60. The Bertz CT molecular complexity index is 1200. The van der Waals surface area contributed by atoms with Gasteiger partial charge < -0.3 is 10.1 Å². The number of carbonyl (C=O) groups is 2. The van der Waals surface area contributed by atoms with Gasteiger partial charge in [-0.05, 0) is 48.4 Å². The van der Waals surface area contributed by atoms with Crippen molar-refractivity contribution in [2.75, 3.05) is 46.4 Å². The topological polar surface area (TPSA) is 99.3 Å². The Morgan fingerprint density at radius 1 is 1.14 bits per heavy atom. The first-order chi connectivity index (χ1) is 16.7. The van der Waals surface area contributed by atoms with Gasteiger partial charge in [0.2, 0.25) is 10.0 Å². The molecule has 3 heterocycles. The normalized spacial score (nSPS) is 20.1. The van der Waals surface area contributed by atoms with Crippen molar-refractivity contribution in [3.63, 3.8) is 0 Å². The highest BCUT2D eigenvalue weighted by atomic mass is 32.2. The summed E-state index contributed by atoms with van der Waals surface area (Å²) in [5, 5.41) is 6.71. The van der Waals surface area contributed by atoms with E-state index in [1.54, 1.807) is 38.2 Å². The number of amides is 2. The molecule has 0 aliphatic carbocycles. The van der Waals surface area contributed by atoms with Gasteiger partial charge in [-0.25, -0.2) is 18.0 Å². The molecule has 1 saturated heterocycles. The molecular weight excluding hydrogens is 488 g/mol. The van der Waals surface area contributed by atoms with Gasteiger partial charge in [0.25, 0.3) is 0 Å². The highest BCUT2D eigenvalue weighted by molar-refractivity contribution is 7.89. The molecule has 9 nitrogen and oxygen atoms in total. The lowest BCUT2D eigenvalue weighted by molar-refractivity contribution is -0.139. The van der Waals surface area contributed by atoms with Crippen molar-refractivity contribution in [1.82, 2.24) is 19.4 Å². The third kappa shape index (κ3) is 5.27. The van der Waals surface area contributed by atoms with Gasteiger partial charge in [-0.1, -0.05) is 17.7 Å². The van der Waals surface area contributed by atoms with Crippen molar-refractivity contribution < 1.29 is 22.7 Å². The van der Waals surface area contributed by atoms with Crippen molar-refractivity contribution in [2.45, 2.75) is 24.8 Å². The molecule has 1 atom stereocenters. The molecule has 1 fully saturated rings. The molecule has 2 amide bonds. The van der Waals surface area contributed by atoms with Crippen LogP contribution in [0.5, 0.6) is 0 Å². The van der Waals surface area contributed by atoms with Gasteiger partial charge in [0, 0.05) is 45.5 Å². The molecule has 0 spiro atoms. The number of rotatable bonds is 7. The maximum absolute atomic E-state index is 13.1. The van der Waals surface area contributed by atoms with Gasteiger partial charge in [0.1, 0.15) is 0 Å². The van der Waals surface area contributed by atoms with Gasteiger partial charge in [-0.2, -0.15) is 15.6 Å². The summed E-state index contributed by atoms with van der Waals surface area (Å²) in [4.78, 5) is 29.6. The lowest BCUT2D eigenvalue weighted by Crippen LogP contribution is -2.52. The molecule has 1 aromatic carbocycles. The number of piperazine rings is 1. The van der Waals surface area contributed by atoms with Crippen LogP contribution >= 0.6 is 11.3 Å². The number of hydrogen-bond donors (Lipinski definition) is 1. The smallest absolute Gasteiger partial charge is 0.338 e. The SMILES string of the molecule is CCOC(=O)C1=C(CN2CCN(S(=O)(=O)c3ccc(C)cc3)CC2)N(C)C(=O)NC1c1ccsc1. The summed E-state index contributed by atoms with van der Waals surface area (Å²) >= 11 is 1.49. The van der Waals surface area contributed by atoms with Crippen LogP contribution in [0.4, 0.5) is 4.79 Å². The van der Waals surface area contributed by atoms with E-state index in [0.29, 0.717) is 44.0 Å². The second-order valence-electron chi connectivity index (χ2n) is 8.57. The van der Waals surface area contributed by atoms with Crippen LogP contribution < -0.4 is 5.32 Å². The van der Waals surface area contributed by atoms with E-state index in [4.69, 9.17) is 4.74 Å². The summed E-state index contributed by atoms with van der Waals surface area (Å²) in [7, 11) is -1.95. The van der Waals surface area contributed by atoms with Gasteiger partial charge in [0.05, 0.1) is 23.1 Å². The molecule has 1 aromatic heterocycles. The van der Waals surface area contributed by atoms with Gasteiger partial charge in [-0.3, -0.25) is 9.80 Å². The minimum absolute atomic E-state index is 0.221. The first kappa shape index (κ1) is 25.4. The van der Waals surface area contributed by atoms with E-state index in [0.717, 1.165) is 11.1 Å². The molecule has 4 rings (SSSR count). The minimum Gasteiger partial charge on any atom is -0.463 e. The number of thiophene rings is 1. The maximum atomic E-state index is 13.1. The number of likely N-dealkylation sites (N-methyl/N-ethyl adjacent to an activating group) is 1. The first-order valence-electron chi connectivity index (χ1n) is 11.5. The zero-order valence-corrected chi connectivity index (χ0v) is 21.7. The molecule has 35 heavy (non-hydrogen) atoms. The molecule has 0 saturated carbocycles. The number of nitrogens with zero attached hydrogens (tertiary/aromatic N) is 3. The average molecular weight is 519 g/mol. The van der Waals surface area contributed by atoms with Crippen molar-refractivity contribution in [2.24, 2.45) is 0 Å². The molecular formula is C24H30N4O5S2. The van der Waals surface area contributed by atoms with E-state index < -0.39 is 22.0 Å². The minimum atomic E-state index is -3.58. The lowest BCUT2D eigenvalue weighted by Gasteiger charge is -2.39. The third-order valence-electron chi connectivity index (χ3n) is 6.31. The van der Waals surface area contributed by atoms with Crippen molar-refractivity contribution in [3.8, 4) is 0 Å². The number of carbonyl (C=O) groups excluding carboxylic acids is 2. The Morgan fingerprint density at radius 3 is 2.43 bits per heavy atom. The van der Waals surface area contributed by atoms with Gasteiger partial charge in [-0.15, -0.1) is 0 Å².